The van der Waals surface area contributed by atoms with Crippen LogP contribution in [0, 0.1) is 0 Å². The molecule has 1 heterocycles. The van der Waals surface area contributed by atoms with Crippen molar-refractivity contribution in [3.8, 4) is 5.75 Å². The third-order valence-corrected chi connectivity index (χ3v) is 5.63. The molecule has 0 saturated heterocycles. The molecule has 190 valence electrons. The lowest BCUT2D eigenvalue weighted by Gasteiger charge is -2.16. The Morgan fingerprint density at radius 1 is 1.03 bits per heavy atom. The molecule has 4 aromatic rings. The second-order valence-corrected chi connectivity index (χ2v) is 8.54. The van der Waals surface area contributed by atoms with E-state index in [9.17, 15) is 14.7 Å². The molecule has 8 nitrogen and oxygen atoms in total. The van der Waals surface area contributed by atoms with Gasteiger partial charge in [-0.15, -0.1) is 0 Å². The SMILES string of the molecule is CC(=CC(=O)c1ccccc1)N[C@@H](Cc1ccc(OCCNCc2nc3ccccc3o2)cc1)C(=O)O. The van der Waals surface area contributed by atoms with E-state index in [2.05, 4.69) is 15.6 Å². The van der Waals surface area contributed by atoms with Crippen molar-refractivity contribution >= 4 is 22.9 Å². The molecule has 37 heavy (non-hydrogen) atoms. The topological polar surface area (TPSA) is 114 Å². The molecule has 1 atom stereocenters. The smallest absolute Gasteiger partial charge is 0.326 e. The molecular weight excluding hydrogens is 470 g/mol. The van der Waals surface area contributed by atoms with Crippen molar-refractivity contribution in [1.29, 1.82) is 0 Å². The molecular formula is C29H29N3O5. The summed E-state index contributed by atoms with van der Waals surface area (Å²) < 4.78 is 11.4. The Kier molecular flexibility index (Phi) is 8.67. The largest absolute Gasteiger partial charge is 0.492 e. The number of carbonyl (C=O) groups excluding carboxylic acids is 1. The van der Waals surface area contributed by atoms with Crippen LogP contribution >= 0.6 is 0 Å². The molecule has 0 aliphatic carbocycles. The van der Waals surface area contributed by atoms with E-state index in [0.717, 1.165) is 16.7 Å². The highest BCUT2D eigenvalue weighted by Crippen LogP contribution is 2.15. The molecule has 0 radical (unpaired) electrons. The fraction of sp³-hybridized carbons (Fsp3) is 0.207. The zero-order chi connectivity index (χ0) is 26.0. The molecule has 0 bridgehead atoms. The monoisotopic (exact) mass is 499 g/mol. The predicted molar refractivity (Wildman–Crippen MR) is 140 cm³/mol. The van der Waals surface area contributed by atoms with Crippen molar-refractivity contribution in [2.45, 2.75) is 25.9 Å². The Balaban J connectivity index is 1.22. The normalized spacial score (nSPS) is 12.3. The number of hydrogen-bond donors (Lipinski definition) is 3. The number of hydrogen-bond acceptors (Lipinski definition) is 7. The first-order valence-electron chi connectivity index (χ1n) is 12.0. The maximum Gasteiger partial charge on any atom is 0.326 e. The first-order valence-corrected chi connectivity index (χ1v) is 12.0. The highest BCUT2D eigenvalue weighted by molar-refractivity contribution is 6.04. The molecule has 3 aromatic carbocycles. The molecule has 0 aliphatic heterocycles. The lowest BCUT2D eigenvalue weighted by atomic mass is 10.1. The van der Waals surface area contributed by atoms with Crippen LogP contribution in [0.15, 0.2) is 95.1 Å². The van der Waals surface area contributed by atoms with Gasteiger partial charge in [0.25, 0.3) is 0 Å². The minimum Gasteiger partial charge on any atom is -0.492 e. The van der Waals surface area contributed by atoms with Crippen molar-refractivity contribution in [2.75, 3.05) is 13.2 Å². The quantitative estimate of drug-likeness (QED) is 0.141. The highest BCUT2D eigenvalue weighted by atomic mass is 16.5. The number of benzene rings is 3. The standard InChI is InChI=1S/C29H29N3O5/c1-20(17-26(33)22-7-3-2-4-8-22)31-25(29(34)35)18-21-11-13-23(14-12-21)36-16-15-30-19-28-32-24-9-5-6-10-27(24)37-28/h2-14,17,25,30-31H,15-16,18-19H2,1H3,(H,34,35)/t25-/m0/s1. The molecule has 0 aliphatic rings. The number of nitrogens with one attached hydrogen (secondary N) is 2. The van der Waals surface area contributed by atoms with Gasteiger partial charge in [0.1, 0.15) is 23.9 Å². The van der Waals surface area contributed by atoms with Gasteiger partial charge < -0.3 is 24.9 Å². The first-order chi connectivity index (χ1) is 18.0. The van der Waals surface area contributed by atoms with Crippen LogP contribution in [0.5, 0.6) is 5.75 Å². The molecule has 0 fully saturated rings. The molecule has 0 unspecified atom stereocenters. The molecule has 3 N–H and O–H groups in total. The zero-order valence-electron chi connectivity index (χ0n) is 20.5. The number of nitrogens with zero attached hydrogens (tertiary/aromatic N) is 1. The second kappa shape index (κ2) is 12.5. The zero-order valence-corrected chi connectivity index (χ0v) is 20.5. The average molecular weight is 500 g/mol. The van der Waals surface area contributed by atoms with E-state index in [1.807, 2.05) is 54.6 Å². The summed E-state index contributed by atoms with van der Waals surface area (Å²) in [7, 11) is 0. The van der Waals surface area contributed by atoms with Crippen LogP contribution in [0.2, 0.25) is 0 Å². The van der Waals surface area contributed by atoms with E-state index in [4.69, 9.17) is 9.15 Å². The van der Waals surface area contributed by atoms with Crippen molar-refractivity contribution in [3.05, 3.63) is 108 Å². The molecule has 1 aromatic heterocycles. The summed E-state index contributed by atoms with van der Waals surface area (Å²) in [6.07, 6.45) is 1.67. The van der Waals surface area contributed by atoms with Gasteiger partial charge in [0.05, 0.1) is 6.54 Å². The van der Waals surface area contributed by atoms with Crippen LogP contribution in [0.25, 0.3) is 11.1 Å². The van der Waals surface area contributed by atoms with Crippen molar-refractivity contribution in [1.82, 2.24) is 15.6 Å². The van der Waals surface area contributed by atoms with Gasteiger partial charge in [-0.2, -0.15) is 0 Å². The summed E-state index contributed by atoms with van der Waals surface area (Å²) in [5, 5.41) is 15.8. The number of carboxylic acids is 1. The van der Waals surface area contributed by atoms with E-state index in [-0.39, 0.29) is 12.2 Å². The number of para-hydroxylation sites is 2. The summed E-state index contributed by atoms with van der Waals surface area (Å²) in [5.74, 6) is 0.142. The van der Waals surface area contributed by atoms with Crippen LogP contribution < -0.4 is 15.4 Å². The second-order valence-electron chi connectivity index (χ2n) is 8.54. The van der Waals surface area contributed by atoms with Gasteiger partial charge in [-0.05, 0) is 36.8 Å². The lowest BCUT2D eigenvalue weighted by molar-refractivity contribution is -0.139. The van der Waals surface area contributed by atoms with E-state index >= 15 is 0 Å². The Labute approximate surface area is 215 Å². The Morgan fingerprint density at radius 3 is 2.49 bits per heavy atom. The van der Waals surface area contributed by atoms with Gasteiger partial charge in [-0.1, -0.05) is 54.6 Å². The number of allylic oxidation sites excluding steroid dienone is 2. The fourth-order valence-corrected chi connectivity index (χ4v) is 3.79. The highest BCUT2D eigenvalue weighted by Gasteiger charge is 2.18. The Hall–Kier alpha value is -4.43. The summed E-state index contributed by atoms with van der Waals surface area (Å²) in [4.78, 5) is 28.6. The summed E-state index contributed by atoms with van der Waals surface area (Å²) >= 11 is 0. The van der Waals surface area contributed by atoms with Gasteiger partial charge in [-0.25, -0.2) is 9.78 Å². The molecule has 0 saturated carbocycles. The number of aromatic nitrogens is 1. The van der Waals surface area contributed by atoms with Crippen LogP contribution in [-0.2, 0) is 17.8 Å². The maximum atomic E-state index is 12.3. The molecule has 0 spiro atoms. The van der Waals surface area contributed by atoms with Crippen LogP contribution in [0.4, 0.5) is 0 Å². The Morgan fingerprint density at radius 2 is 1.76 bits per heavy atom. The predicted octanol–water partition coefficient (Wildman–Crippen LogP) is 4.37. The molecule has 4 rings (SSSR count). The van der Waals surface area contributed by atoms with E-state index in [0.29, 0.717) is 42.6 Å². The number of carbonyl (C=O) groups is 2. The van der Waals surface area contributed by atoms with Crippen LogP contribution in [0.3, 0.4) is 0 Å². The van der Waals surface area contributed by atoms with Crippen LogP contribution in [0.1, 0.15) is 28.7 Å². The summed E-state index contributed by atoms with van der Waals surface area (Å²) in [6.45, 7) is 3.26. The van der Waals surface area contributed by atoms with Gasteiger partial charge in [0.2, 0.25) is 5.89 Å². The number of aliphatic carboxylic acids is 1. The summed E-state index contributed by atoms with van der Waals surface area (Å²) in [6, 6.07) is 22.9. The number of rotatable bonds is 13. The number of ketones is 1. The number of ether oxygens (including phenoxy) is 1. The van der Waals surface area contributed by atoms with E-state index in [1.54, 1.807) is 31.2 Å². The third-order valence-electron chi connectivity index (χ3n) is 5.63. The number of oxazole rings is 1. The molecule has 0 amide bonds. The first kappa shape index (κ1) is 25.7. The van der Waals surface area contributed by atoms with Crippen molar-refractivity contribution in [2.24, 2.45) is 0 Å². The maximum absolute atomic E-state index is 12.3. The van der Waals surface area contributed by atoms with Gasteiger partial charge in [-0.3, -0.25) is 4.79 Å². The number of carboxylic acid groups (broad SMARTS) is 1. The minimum atomic E-state index is -0.995. The van der Waals surface area contributed by atoms with Crippen molar-refractivity contribution in [3.63, 3.8) is 0 Å². The van der Waals surface area contributed by atoms with Gasteiger partial charge >= 0.3 is 5.97 Å². The van der Waals surface area contributed by atoms with Crippen molar-refractivity contribution < 1.29 is 23.8 Å². The van der Waals surface area contributed by atoms with Gasteiger partial charge in [0, 0.05) is 30.3 Å². The lowest BCUT2D eigenvalue weighted by Crippen LogP contribution is -2.37. The van der Waals surface area contributed by atoms with E-state index in [1.165, 1.54) is 6.08 Å². The van der Waals surface area contributed by atoms with E-state index < -0.39 is 12.0 Å². The minimum absolute atomic E-state index is 0.181. The summed E-state index contributed by atoms with van der Waals surface area (Å²) in [5.41, 5.74) is 3.48. The van der Waals surface area contributed by atoms with Gasteiger partial charge in [0.15, 0.2) is 11.4 Å². The third kappa shape index (κ3) is 7.52. The Bertz CT molecular complexity index is 1330. The fourth-order valence-electron chi connectivity index (χ4n) is 3.79. The molecule has 8 heteroatoms. The average Bonchev–Trinajstić information content (AvgIpc) is 3.32. The number of fused-ring (bicyclic) bond motifs is 1. The van der Waals surface area contributed by atoms with Crippen LogP contribution in [-0.4, -0.2) is 41.0 Å².